The Bertz CT molecular complexity index is 1170. The van der Waals surface area contributed by atoms with Crippen molar-refractivity contribution in [1.29, 1.82) is 0 Å². The lowest BCUT2D eigenvalue weighted by Crippen LogP contribution is -2.64. The quantitative estimate of drug-likeness (QED) is 0.265. The third-order valence-corrected chi connectivity index (χ3v) is 8.61. The first kappa shape index (κ1) is 32.9. The lowest BCUT2D eigenvalue weighted by molar-refractivity contribution is -0.148. The zero-order chi connectivity index (χ0) is 29.4. The van der Waals surface area contributed by atoms with Crippen LogP contribution in [0.5, 0.6) is 0 Å². The molecular formula is C28H38Cl4N6O2. The minimum atomic E-state index is -0.763. The Hall–Kier alpha value is -1.62. The summed E-state index contributed by atoms with van der Waals surface area (Å²) in [7, 11) is 0. The molecule has 0 bridgehead atoms. The number of piperazine rings is 1. The van der Waals surface area contributed by atoms with Crippen LogP contribution in [0.25, 0.3) is 0 Å². The largest absolute Gasteiger partial charge is 0.335 e. The normalized spacial score (nSPS) is 19.0. The molecule has 40 heavy (non-hydrogen) atoms. The number of nitrogens with two attached hydrogens (primary N) is 3. The molecule has 220 valence electrons. The highest BCUT2D eigenvalue weighted by Crippen LogP contribution is 2.26. The van der Waals surface area contributed by atoms with Crippen molar-refractivity contribution in [3.05, 3.63) is 67.6 Å². The molecule has 0 aliphatic carbocycles. The second-order valence-electron chi connectivity index (χ2n) is 10.3. The van der Waals surface area contributed by atoms with Gasteiger partial charge in [0.15, 0.2) is 0 Å². The van der Waals surface area contributed by atoms with E-state index in [9.17, 15) is 9.59 Å². The number of hydrogen-bond acceptors (Lipinski definition) is 6. The first-order valence-electron chi connectivity index (χ1n) is 13.4. The van der Waals surface area contributed by atoms with Gasteiger partial charge in [0.2, 0.25) is 11.8 Å². The smallest absolute Gasteiger partial charge is 0.240 e. The number of carbonyl (C=O) groups is 2. The minimum Gasteiger partial charge on any atom is -0.335 e. The zero-order valence-corrected chi connectivity index (χ0v) is 25.6. The molecule has 2 aromatic rings. The van der Waals surface area contributed by atoms with Gasteiger partial charge in [-0.15, -0.1) is 0 Å². The van der Waals surface area contributed by atoms with Gasteiger partial charge in [0.25, 0.3) is 0 Å². The van der Waals surface area contributed by atoms with Gasteiger partial charge in [0.05, 0.1) is 32.2 Å². The van der Waals surface area contributed by atoms with Crippen molar-refractivity contribution in [3.63, 3.8) is 0 Å². The molecule has 0 saturated carbocycles. The fourth-order valence-electron chi connectivity index (χ4n) is 4.99. The lowest BCUT2D eigenvalue weighted by Gasteiger charge is -2.47. The summed E-state index contributed by atoms with van der Waals surface area (Å²) in [5.74, 6) is -0.331. The van der Waals surface area contributed by atoms with Gasteiger partial charge in [-0.05, 0) is 74.5 Å². The molecule has 1 fully saturated rings. The van der Waals surface area contributed by atoms with Crippen LogP contribution in [0.4, 0.5) is 0 Å². The van der Waals surface area contributed by atoms with Gasteiger partial charge < -0.3 is 32.3 Å². The Morgan fingerprint density at radius 3 is 1.88 bits per heavy atom. The van der Waals surface area contributed by atoms with Gasteiger partial charge in [-0.3, -0.25) is 9.59 Å². The number of hydrogen-bond donors (Lipinski definition) is 4. The molecule has 7 N–H and O–H groups in total. The van der Waals surface area contributed by atoms with Gasteiger partial charge in [0.1, 0.15) is 0 Å². The summed E-state index contributed by atoms with van der Waals surface area (Å²) in [6, 6.07) is 8.51. The van der Waals surface area contributed by atoms with Crippen LogP contribution < -0.4 is 22.5 Å². The van der Waals surface area contributed by atoms with Crippen molar-refractivity contribution in [2.75, 3.05) is 32.7 Å². The zero-order valence-electron chi connectivity index (χ0n) is 22.6. The van der Waals surface area contributed by atoms with Gasteiger partial charge in [-0.25, -0.2) is 0 Å². The summed E-state index contributed by atoms with van der Waals surface area (Å²) in [5.41, 5.74) is 20.0. The van der Waals surface area contributed by atoms with Gasteiger partial charge >= 0.3 is 0 Å². The Morgan fingerprint density at radius 1 is 0.850 bits per heavy atom. The molecule has 2 unspecified atom stereocenters. The number of carbonyl (C=O) groups excluding carboxylic acids is 2. The standard InChI is InChI=1S/C28H38Cl4N6O2/c1-17-15-38(28(40)26(35)14-19-5-7-22(30)24(32)12-19)20(3-2-9-36-10-8-33)16-37(17)27(39)25(34)13-18-4-6-21(29)23(31)11-18/h4-7,11-12,17,20,25-26,36H,2-3,8-10,13-16,33-35H2,1H3/t17-,20?,25?,26-/m1/s1. The third kappa shape index (κ3) is 8.94. The van der Waals surface area contributed by atoms with E-state index < -0.39 is 12.1 Å². The van der Waals surface area contributed by atoms with E-state index in [1.807, 2.05) is 24.0 Å². The summed E-state index contributed by atoms with van der Waals surface area (Å²) in [4.78, 5) is 30.7. The summed E-state index contributed by atoms with van der Waals surface area (Å²) < 4.78 is 0. The van der Waals surface area contributed by atoms with Gasteiger partial charge in [-0.2, -0.15) is 0 Å². The average molecular weight is 632 g/mol. The first-order chi connectivity index (χ1) is 19.0. The van der Waals surface area contributed by atoms with E-state index in [1.54, 1.807) is 29.2 Å². The fraction of sp³-hybridized carbons (Fsp3) is 0.500. The molecule has 2 aromatic carbocycles. The van der Waals surface area contributed by atoms with Gasteiger partial charge in [0, 0.05) is 38.3 Å². The van der Waals surface area contributed by atoms with Gasteiger partial charge in [-0.1, -0.05) is 58.5 Å². The molecule has 1 aliphatic heterocycles. The maximum Gasteiger partial charge on any atom is 0.240 e. The average Bonchev–Trinajstić information content (AvgIpc) is 2.92. The molecule has 8 nitrogen and oxygen atoms in total. The molecule has 3 rings (SSSR count). The highest BCUT2D eigenvalue weighted by Gasteiger charge is 2.39. The van der Waals surface area contributed by atoms with Crippen LogP contribution in [0.2, 0.25) is 20.1 Å². The number of rotatable bonds is 12. The molecule has 12 heteroatoms. The van der Waals surface area contributed by atoms with Crippen molar-refractivity contribution in [2.24, 2.45) is 17.2 Å². The van der Waals surface area contributed by atoms with E-state index in [1.165, 1.54) is 0 Å². The minimum absolute atomic E-state index is 0.162. The number of halogens is 4. The topological polar surface area (TPSA) is 131 Å². The van der Waals surface area contributed by atoms with E-state index in [0.717, 1.165) is 24.1 Å². The Kier molecular flexibility index (Phi) is 12.8. The van der Waals surface area contributed by atoms with Crippen molar-refractivity contribution >= 4 is 58.2 Å². The van der Waals surface area contributed by atoms with Crippen molar-refractivity contribution in [2.45, 2.75) is 56.8 Å². The molecule has 2 amide bonds. The maximum atomic E-state index is 13.6. The second kappa shape index (κ2) is 15.6. The van der Waals surface area contributed by atoms with Crippen LogP contribution in [-0.4, -0.2) is 78.5 Å². The van der Waals surface area contributed by atoms with Crippen molar-refractivity contribution in [3.8, 4) is 0 Å². The van der Waals surface area contributed by atoms with Crippen molar-refractivity contribution in [1.82, 2.24) is 15.1 Å². The summed E-state index contributed by atoms with van der Waals surface area (Å²) in [6.07, 6.45) is 2.15. The molecule has 0 aromatic heterocycles. The summed E-state index contributed by atoms with van der Waals surface area (Å²) in [5, 5.41) is 5.01. The van der Waals surface area contributed by atoms with E-state index in [0.29, 0.717) is 65.5 Å². The van der Waals surface area contributed by atoms with Crippen LogP contribution in [0.15, 0.2) is 36.4 Å². The van der Waals surface area contributed by atoms with Crippen LogP contribution in [0, 0.1) is 0 Å². The molecule has 4 atom stereocenters. The maximum absolute atomic E-state index is 13.6. The van der Waals surface area contributed by atoms with Crippen LogP contribution >= 0.6 is 46.4 Å². The number of nitrogens with one attached hydrogen (secondary N) is 1. The second-order valence-corrected chi connectivity index (χ2v) is 11.9. The number of benzene rings is 2. The van der Waals surface area contributed by atoms with E-state index in [2.05, 4.69) is 5.32 Å². The molecule has 0 spiro atoms. The monoisotopic (exact) mass is 630 g/mol. The molecule has 0 radical (unpaired) electrons. The van der Waals surface area contributed by atoms with E-state index in [-0.39, 0.29) is 23.9 Å². The Balaban J connectivity index is 1.72. The molecule has 1 heterocycles. The third-order valence-electron chi connectivity index (χ3n) is 7.13. The van der Waals surface area contributed by atoms with Crippen LogP contribution in [0.3, 0.4) is 0 Å². The highest BCUT2D eigenvalue weighted by atomic mass is 35.5. The lowest BCUT2D eigenvalue weighted by atomic mass is 9.97. The SMILES string of the molecule is C[C@@H]1CN(C(=O)[C@H](N)Cc2ccc(Cl)c(Cl)c2)C(CCCNCCN)CN1C(=O)C(N)Cc1ccc(Cl)c(Cl)c1. The predicted molar refractivity (Wildman–Crippen MR) is 164 cm³/mol. The fourth-order valence-corrected chi connectivity index (χ4v) is 5.63. The Morgan fingerprint density at radius 2 is 1.38 bits per heavy atom. The van der Waals surface area contributed by atoms with Crippen molar-refractivity contribution < 1.29 is 9.59 Å². The number of nitrogens with zero attached hydrogens (tertiary/aromatic N) is 2. The number of amides is 2. The molecule has 1 aliphatic rings. The van der Waals surface area contributed by atoms with E-state index >= 15 is 0 Å². The Labute approximate surface area is 256 Å². The van der Waals surface area contributed by atoms with E-state index in [4.69, 9.17) is 63.6 Å². The predicted octanol–water partition coefficient (Wildman–Crippen LogP) is 3.50. The molecule has 1 saturated heterocycles. The van der Waals surface area contributed by atoms with Crippen LogP contribution in [-0.2, 0) is 22.4 Å². The first-order valence-corrected chi connectivity index (χ1v) is 14.9. The summed E-state index contributed by atoms with van der Waals surface area (Å²) >= 11 is 24.4. The summed E-state index contributed by atoms with van der Waals surface area (Å²) in [6.45, 7) is 4.68. The van der Waals surface area contributed by atoms with Crippen LogP contribution in [0.1, 0.15) is 30.9 Å². The highest BCUT2D eigenvalue weighted by molar-refractivity contribution is 6.42. The molecular weight excluding hydrogens is 594 g/mol.